The molecule has 0 aliphatic rings. The second-order valence-electron chi connectivity index (χ2n) is 5.60. The van der Waals surface area contributed by atoms with Gasteiger partial charge in [-0.25, -0.2) is 4.98 Å². The Labute approximate surface area is 156 Å². The molecule has 1 aromatic heterocycles. The minimum atomic E-state index is -0.128. The average Bonchev–Trinajstić information content (AvgIpc) is 2.65. The first-order chi connectivity index (χ1) is 12.6. The Morgan fingerprint density at radius 1 is 1.08 bits per heavy atom. The van der Waals surface area contributed by atoms with Gasteiger partial charge in [0.05, 0.1) is 29.9 Å². The first-order valence-electron chi connectivity index (χ1n) is 7.90. The van der Waals surface area contributed by atoms with Crippen molar-refractivity contribution < 1.29 is 4.79 Å². The minimum Gasteiger partial charge on any atom is -0.340 e. The van der Waals surface area contributed by atoms with Crippen molar-refractivity contribution >= 4 is 34.7 Å². The van der Waals surface area contributed by atoms with Crippen LogP contribution in [0.3, 0.4) is 0 Å². The first kappa shape index (κ1) is 17.5. The number of anilines is 3. The van der Waals surface area contributed by atoms with Crippen LogP contribution in [-0.4, -0.2) is 10.9 Å². The van der Waals surface area contributed by atoms with Gasteiger partial charge >= 0.3 is 0 Å². The molecule has 0 atom stereocenters. The van der Waals surface area contributed by atoms with E-state index in [2.05, 4.69) is 21.7 Å². The summed E-state index contributed by atoms with van der Waals surface area (Å²) >= 11 is 5.84. The highest BCUT2D eigenvalue weighted by molar-refractivity contribution is 6.30. The summed E-state index contributed by atoms with van der Waals surface area (Å²) in [4.78, 5) is 16.4. The molecule has 0 fully saturated rings. The van der Waals surface area contributed by atoms with E-state index in [1.807, 2.05) is 18.2 Å². The molecular formula is C20H15ClN4O. The van der Waals surface area contributed by atoms with E-state index in [0.29, 0.717) is 22.1 Å². The summed E-state index contributed by atoms with van der Waals surface area (Å²) in [6.45, 7) is 0. The first-order valence-corrected chi connectivity index (χ1v) is 8.28. The van der Waals surface area contributed by atoms with Gasteiger partial charge in [0.15, 0.2) is 0 Å². The van der Waals surface area contributed by atoms with Gasteiger partial charge in [0.1, 0.15) is 5.82 Å². The molecule has 0 bridgehead atoms. The van der Waals surface area contributed by atoms with E-state index in [1.54, 1.807) is 48.7 Å². The highest BCUT2D eigenvalue weighted by Crippen LogP contribution is 2.17. The van der Waals surface area contributed by atoms with Crippen molar-refractivity contribution in [2.75, 3.05) is 10.6 Å². The lowest BCUT2D eigenvalue weighted by molar-refractivity contribution is -0.115. The molecule has 3 rings (SSSR count). The number of rotatable bonds is 5. The largest absolute Gasteiger partial charge is 0.340 e. The molecule has 0 radical (unpaired) electrons. The number of pyridine rings is 1. The summed E-state index contributed by atoms with van der Waals surface area (Å²) in [5.74, 6) is 0.493. The summed E-state index contributed by atoms with van der Waals surface area (Å²) < 4.78 is 0. The fourth-order valence-corrected chi connectivity index (χ4v) is 2.47. The number of halogens is 1. The molecule has 3 aromatic rings. The lowest BCUT2D eigenvalue weighted by atomic mass is 10.1. The molecule has 1 heterocycles. The normalized spacial score (nSPS) is 10.0. The summed E-state index contributed by atoms with van der Waals surface area (Å²) in [7, 11) is 0. The van der Waals surface area contributed by atoms with Gasteiger partial charge in [-0.2, -0.15) is 5.26 Å². The van der Waals surface area contributed by atoms with E-state index in [-0.39, 0.29) is 12.3 Å². The molecule has 0 aliphatic carbocycles. The Morgan fingerprint density at radius 3 is 2.58 bits per heavy atom. The van der Waals surface area contributed by atoms with Crippen LogP contribution in [0.25, 0.3) is 0 Å². The lowest BCUT2D eigenvalue weighted by Crippen LogP contribution is -2.14. The van der Waals surface area contributed by atoms with Crippen molar-refractivity contribution in [2.45, 2.75) is 6.42 Å². The zero-order valence-corrected chi connectivity index (χ0v) is 14.5. The van der Waals surface area contributed by atoms with Crippen molar-refractivity contribution in [1.82, 2.24) is 4.98 Å². The quantitative estimate of drug-likeness (QED) is 0.698. The zero-order valence-electron chi connectivity index (χ0n) is 13.7. The van der Waals surface area contributed by atoms with E-state index in [1.165, 1.54) is 0 Å². The molecule has 1 amide bonds. The van der Waals surface area contributed by atoms with Gasteiger partial charge in [0.2, 0.25) is 5.91 Å². The van der Waals surface area contributed by atoms with Crippen molar-refractivity contribution in [1.29, 1.82) is 5.26 Å². The molecule has 5 nitrogen and oxygen atoms in total. The third-order valence-corrected chi connectivity index (χ3v) is 3.84. The number of nitrogens with zero attached hydrogens (tertiary/aromatic N) is 2. The second-order valence-corrected chi connectivity index (χ2v) is 6.04. The van der Waals surface area contributed by atoms with Crippen LogP contribution in [0.4, 0.5) is 17.2 Å². The van der Waals surface area contributed by atoms with Gasteiger partial charge in [-0.1, -0.05) is 29.8 Å². The van der Waals surface area contributed by atoms with Crippen LogP contribution in [0.15, 0.2) is 66.9 Å². The molecule has 0 aliphatic heterocycles. The van der Waals surface area contributed by atoms with Gasteiger partial charge in [-0.05, 0) is 48.0 Å². The third-order valence-electron chi connectivity index (χ3n) is 3.59. The highest BCUT2D eigenvalue weighted by atomic mass is 35.5. The molecule has 128 valence electrons. The van der Waals surface area contributed by atoms with E-state index >= 15 is 0 Å². The second kappa shape index (κ2) is 8.15. The fourth-order valence-electron chi connectivity index (χ4n) is 2.35. The molecule has 0 spiro atoms. The molecular weight excluding hydrogens is 348 g/mol. The van der Waals surface area contributed by atoms with Crippen molar-refractivity contribution in [3.63, 3.8) is 0 Å². The minimum absolute atomic E-state index is 0.128. The molecule has 26 heavy (non-hydrogen) atoms. The molecule has 0 unspecified atom stereocenters. The summed E-state index contributed by atoms with van der Waals surface area (Å²) in [5.41, 5.74) is 2.84. The Morgan fingerprint density at radius 2 is 1.88 bits per heavy atom. The predicted molar refractivity (Wildman–Crippen MR) is 102 cm³/mol. The zero-order chi connectivity index (χ0) is 18.4. The Hall–Kier alpha value is -3.36. The van der Waals surface area contributed by atoms with E-state index in [9.17, 15) is 4.79 Å². The number of amides is 1. The van der Waals surface area contributed by atoms with Crippen molar-refractivity contribution in [2.24, 2.45) is 0 Å². The van der Waals surface area contributed by atoms with Crippen molar-refractivity contribution in [3.05, 3.63) is 83.0 Å². The number of carbonyl (C=O) groups excluding carboxylic acids is 1. The maximum atomic E-state index is 12.1. The monoisotopic (exact) mass is 362 g/mol. The van der Waals surface area contributed by atoms with Gasteiger partial charge < -0.3 is 10.6 Å². The topological polar surface area (TPSA) is 77.8 Å². The van der Waals surface area contributed by atoms with Gasteiger partial charge in [0, 0.05) is 10.7 Å². The summed E-state index contributed by atoms with van der Waals surface area (Å²) in [6.07, 6.45) is 1.84. The number of aromatic nitrogens is 1. The number of benzene rings is 2. The van der Waals surface area contributed by atoms with Crippen LogP contribution in [0, 0.1) is 11.3 Å². The maximum Gasteiger partial charge on any atom is 0.228 e. The Kier molecular flexibility index (Phi) is 5.47. The highest BCUT2D eigenvalue weighted by Gasteiger charge is 2.05. The van der Waals surface area contributed by atoms with Crippen LogP contribution in [-0.2, 0) is 11.2 Å². The molecule has 0 saturated heterocycles. The summed E-state index contributed by atoms with van der Waals surface area (Å²) in [6, 6.07) is 19.9. The van der Waals surface area contributed by atoms with Gasteiger partial charge in [-0.15, -0.1) is 0 Å². The van der Waals surface area contributed by atoms with E-state index in [0.717, 1.165) is 11.3 Å². The van der Waals surface area contributed by atoms with Crippen molar-refractivity contribution in [3.8, 4) is 6.07 Å². The predicted octanol–water partition coefficient (Wildman–Crippen LogP) is 4.53. The number of nitrogens with one attached hydrogen (secondary N) is 2. The van der Waals surface area contributed by atoms with Gasteiger partial charge in [0.25, 0.3) is 0 Å². The average molecular weight is 363 g/mol. The van der Waals surface area contributed by atoms with Crippen LogP contribution < -0.4 is 10.6 Å². The Bertz CT molecular complexity index is 947. The molecule has 6 heteroatoms. The Balaban J connectivity index is 1.59. The van der Waals surface area contributed by atoms with E-state index < -0.39 is 0 Å². The number of carbonyl (C=O) groups is 1. The standard InChI is InChI=1S/C20H15ClN4O/c21-16-6-4-14(5-7-16)11-20(26)25-18-8-9-19(23-13-18)24-17-3-1-2-15(10-17)12-22/h1-10,13H,11H2,(H,23,24)(H,25,26). The number of hydrogen-bond acceptors (Lipinski definition) is 4. The molecule has 2 N–H and O–H groups in total. The lowest BCUT2D eigenvalue weighted by Gasteiger charge is -2.08. The number of nitriles is 1. The SMILES string of the molecule is N#Cc1cccc(Nc2ccc(NC(=O)Cc3ccc(Cl)cc3)cn2)c1. The van der Waals surface area contributed by atoms with Crippen LogP contribution in [0.2, 0.25) is 5.02 Å². The number of hydrogen-bond donors (Lipinski definition) is 2. The fraction of sp³-hybridized carbons (Fsp3) is 0.0500. The van der Waals surface area contributed by atoms with Crippen LogP contribution in [0.5, 0.6) is 0 Å². The smallest absolute Gasteiger partial charge is 0.228 e. The van der Waals surface area contributed by atoms with Gasteiger partial charge in [-0.3, -0.25) is 4.79 Å². The molecule has 0 saturated carbocycles. The molecule has 2 aromatic carbocycles. The van der Waals surface area contributed by atoms with Crippen LogP contribution in [0.1, 0.15) is 11.1 Å². The summed E-state index contributed by atoms with van der Waals surface area (Å²) in [5, 5.41) is 15.5. The third kappa shape index (κ3) is 4.82. The maximum absolute atomic E-state index is 12.1. The van der Waals surface area contributed by atoms with Crippen LogP contribution >= 0.6 is 11.6 Å². The van der Waals surface area contributed by atoms with E-state index in [4.69, 9.17) is 16.9 Å².